The number of nitrogens with one attached hydrogen (secondary N) is 2. The zero-order chi connectivity index (χ0) is 16.7. The van der Waals surface area contributed by atoms with Crippen LogP contribution in [0.15, 0.2) is 29.3 Å². The van der Waals surface area contributed by atoms with Gasteiger partial charge in [-0.2, -0.15) is 11.8 Å². The van der Waals surface area contributed by atoms with Crippen LogP contribution in [0.1, 0.15) is 30.9 Å². The Morgan fingerprint density at radius 2 is 2.25 bits per heavy atom. The van der Waals surface area contributed by atoms with Gasteiger partial charge in [-0.05, 0) is 43.2 Å². The van der Waals surface area contributed by atoms with Crippen LogP contribution in [0.5, 0.6) is 0 Å². The third kappa shape index (κ3) is 6.61. The van der Waals surface area contributed by atoms with Crippen LogP contribution < -0.4 is 10.6 Å². The van der Waals surface area contributed by atoms with E-state index < -0.39 is 0 Å². The van der Waals surface area contributed by atoms with Crippen molar-refractivity contribution >= 4 is 53.3 Å². The van der Waals surface area contributed by atoms with Gasteiger partial charge in [-0.15, -0.1) is 24.0 Å². The van der Waals surface area contributed by atoms with Crippen molar-refractivity contribution in [3.63, 3.8) is 0 Å². The fraction of sp³-hybridized carbons (Fsp3) is 0.588. The quantitative estimate of drug-likeness (QED) is 0.363. The topological polar surface area (TPSA) is 45.7 Å². The van der Waals surface area contributed by atoms with Crippen LogP contribution in [0.3, 0.4) is 0 Å². The second-order valence-corrected chi connectivity index (χ2v) is 7.32. The highest BCUT2D eigenvalue weighted by atomic mass is 127. The molecule has 7 heteroatoms. The molecule has 3 atom stereocenters. The summed E-state index contributed by atoms with van der Waals surface area (Å²) in [6, 6.07) is 8.28. The number of ether oxygens (including phenoxy) is 1. The van der Waals surface area contributed by atoms with Crippen LogP contribution in [-0.4, -0.2) is 44.2 Å². The first-order valence-electron chi connectivity index (χ1n) is 7.94. The monoisotopic (exact) mass is 483 g/mol. The van der Waals surface area contributed by atoms with Crippen LogP contribution in [0.4, 0.5) is 0 Å². The number of benzene rings is 1. The molecule has 3 unspecified atom stereocenters. The molecule has 0 aliphatic heterocycles. The van der Waals surface area contributed by atoms with Crippen LogP contribution in [0.25, 0.3) is 0 Å². The molecular formula is C17H27ClIN3OS. The molecule has 0 radical (unpaired) electrons. The number of nitrogens with zero attached hydrogens (tertiary/aromatic N) is 1. The first-order valence-corrected chi connectivity index (χ1v) is 9.61. The maximum Gasteiger partial charge on any atom is 0.191 e. The lowest BCUT2D eigenvalue weighted by Crippen LogP contribution is -2.44. The molecule has 0 aromatic heterocycles. The third-order valence-corrected chi connectivity index (χ3v) is 5.57. The van der Waals surface area contributed by atoms with E-state index in [2.05, 4.69) is 21.9 Å². The molecule has 2 N–H and O–H groups in total. The number of hydrogen-bond acceptors (Lipinski definition) is 3. The fourth-order valence-electron chi connectivity index (χ4n) is 2.91. The molecule has 1 fully saturated rings. The van der Waals surface area contributed by atoms with E-state index >= 15 is 0 Å². The van der Waals surface area contributed by atoms with Crippen LogP contribution in [0.2, 0.25) is 5.02 Å². The first-order chi connectivity index (χ1) is 11.2. The number of methoxy groups -OCH3 is 1. The predicted octanol–water partition coefficient (Wildman–Crippen LogP) is 4.09. The highest BCUT2D eigenvalue weighted by molar-refractivity contribution is 14.0. The second kappa shape index (κ2) is 11.4. The van der Waals surface area contributed by atoms with Gasteiger partial charge >= 0.3 is 0 Å². The van der Waals surface area contributed by atoms with E-state index in [0.29, 0.717) is 12.6 Å². The molecule has 0 heterocycles. The molecule has 1 aromatic carbocycles. The highest BCUT2D eigenvalue weighted by Crippen LogP contribution is 2.28. The molecular weight excluding hydrogens is 457 g/mol. The number of aliphatic imine (C=N–C) groups is 1. The molecule has 0 amide bonds. The van der Waals surface area contributed by atoms with E-state index in [1.165, 1.54) is 19.3 Å². The molecule has 2 rings (SSSR count). The summed E-state index contributed by atoms with van der Waals surface area (Å²) in [5, 5.41) is 8.37. The van der Waals surface area contributed by atoms with Crippen LogP contribution in [-0.2, 0) is 4.74 Å². The summed E-state index contributed by atoms with van der Waals surface area (Å²) in [7, 11) is 3.51. The molecule has 0 saturated heterocycles. The van der Waals surface area contributed by atoms with Gasteiger partial charge in [-0.3, -0.25) is 4.99 Å². The number of hydrogen-bond donors (Lipinski definition) is 2. The molecule has 1 saturated carbocycles. The molecule has 1 aliphatic carbocycles. The van der Waals surface area contributed by atoms with Gasteiger partial charge in [0.25, 0.3) is 0 Å². The van der Waals surface area contributed by atoms with Gasteiger partial charge < -0.3 is 15.4 Å². The van der Waals surface area contributed by atoms with Crippen molar-refractivity contribution in [2.75, 3.05) is 27.0 Å². The highest BCUT2D eigenvalue weighted by Gasteiger charge is 2.24. The summed E-state index contributed by atoms with van der Waals surface area (Å²) in [6.07, 6.45) is 5.81. The Morgan fingerprint density at radius 1 is 1.46 bits per heavy atom. The van der Waals surface area contributed by atoms with E-state index in [1.54, 1.807) is 14.2 Å². The second-order valence-electron chi connectivity index (χ2n) is 5.74. The zero-order valence-electron chi connectivity index (χ0n) is 14.4. The van der Waals surface area contributed by atoms with Gasteiger partial charge in [0.2, 0.25) is 0 Å². The maximum atomic E-state index is 6.06. The normalized spacial score (nSPS) is 21.9. The standard InChI is InChI=1S/C17H26ClN3OS.HI/c1-19-17(21-14-7-8-15(10-14)23-3)20-11-16(22-2)12-5-4-6-13(18)9-12;/h4-6,9,14-16H,7-8,10-11H2,1-3H3,(H2,19,20,21);1H. The molecule has 0 spiro atoms. The Hall–Kier alpha value is -0.180. The molecule has 24 heavy (non-hydrogen) atoms. The number of rotatable bonds is 6. The van der Waals surface area contributed by atoms with Gasteiger partial charge in [-0.1, -0.05) is 23.7 Å². The summed E-state index contributed by atoms with van der Waals surface area (Å²) in [5.74, 6) is 0.834. The molecule has 4 nitrogen and oxygen atoms in total. The average Bonchev–Trinajstić information content (AvgIpc) is 3.02. The Balaban J connectivity index is 0.00000288. The van der Waals surface area contributed by atoms with Gasteiger partial charge in [0.05, 0.1) is 6.10 Å². The maximum absolute atomic E-state index is 6.06. The molecule has 1 aliphatic rings. The number of halogens is 2. The summed E-state index contributed by atoms with van der Waals surface area (Å²) >= 11 is 8.02. The van der Waals surface area contributed by atoms with E-state index in [4.69, 9.17) is 16.3 Å². The average molecular weight is 484 g/mol. The van der Waals surface area contributed by atoms with Crippen molar-refractivity contribution < 1.29 is 4.74 Å². The molecule has 136 valence electrons. The van der Waals surface area contributed by atoms with E-state index in [0.717, 1.165) is 21.8 Å². The van der Waals surface area contributed by atoms with Crippen molar-refractivity contribution in [1.82, 2.24) is 10.6 Å². The minimum atomic E-state index is -0.0604. The lowest BCUT2D eigenvalue weighted by atomic mass is 10.1. The van der Waals surface area contributed by atoms with Crippen molar-refractivity contribution in [3.05, 3.63) is 34.9 Å². The van der Waals surface area contributed by atoms with E-state index in [-0.39, 0.29) is 30.1 Å². The smallest absolute Gasteiger partial charge is 0.191 e. The predicted molar refractivity (Wildman–Crippen MR) is 116 cm³/mol. The van der Waals surface area contributed by atoms with Gasteiger partial charge in [0.15, 0.2) is 5.96 Å². The minimum absolute atomic E-state index is 0. The Labute approximate surface area is 171 Å². The third-order valence-electron chi connectivity index (χ3n) is 4.24. The van der Waals surface area contributed by atoms with E-state index in [9.17, 15) is 0 Å². The van der Waals surface area contributed by atoms with Crippen molar-refractivity contribution in [2.45, 2.75) is 36.7 Å². The Bertz CT molecular complexity index is 532. The van der Waals surface area contributed by atoms with Crippen molar-refractivity contribution in [1.29, 1.82) is 0 Å². The Morgan fingerprint density at radius 3 is 2.83 bits per heavy atom. The largest absolute Gasteiger partial charge is 0.375 e. The SMILES string of the molecule is CN=C(NCC(OC)c1cccc(Cl)c1)NC1CCC(SC)C1.I. The summed E-state index contributed by atoms with van der Waals surface area (Å²) in [5.41, 5.74) is 1.06. The van der Waals surface area contributed by atoms with Crippen molar-refractivity contribution in [3.8, 4) is 0 Å². The van der Waals surface area contributed by atoms with Gasteiger partial charge in [-0.25, -0.2) is 0 Å². The zero-order valence-corrected chi connectivity index (χ0v) is 18.3. The minimum Gasteiger partial charge on any atom is -0.375 e. The van der Waals surface area contributed by atoms with Gasteiger partial charge in [0.1, 0.15) is 0 Å². The summed E-state index contributed by atoms with van der Waals surface area (Å²) in [4.78, 5) is 4.33. The molecule has 0 bridgehead atoms. The fourth-order valence-corrected chi connectivity index (χ4v) is 3.90. The van der Waals surface area contributed by atoms with E-state index in [1.807, 2.05) is 36.0 Å². The lowest BCUT2D eigenvalue weighted by molar-refractivity contribution is 0.106. The summed E-state index contributed by atoms with van der Waals surface area (Å²) in [6.45, 7) is 0.648. The van der Waals surface area contributed by atoms with Crippen molar-refractivity contribution in [2.24, 2.45) is 4.99 Å². The number of thioether (sulfide) groups is 1. The van der Waals surface area contributed by atoms with Crippen LogP contribution >= 0.6 is 47.3 Å². The molecule has 1 aromatic rings. The van der Waals surface area contributed by atoms with Crippen LogP contribution in [0, 0.1) is 0 Å². The lowest BCUT2D eigenvalue weighted by Gasteiger charge is -2.21. The van der Waals surface area contributed by atoms with Gasteiger partial charge in [0, 0.05) is 37.0 Å². The Kier molecular flexibility index (Phi) is 10.4. The summed E-state index contributed by atoms with van der Waals surface area (Å²) < 4.78 is 5.58. The number of guanidine groups is 1. The first kappa shape index (κ1) is 21.9.